The van der Waals surface area contributed by atoms with E-state index >= 15 is 0 Å². The van der Waals surface area contributed by atoms with Crippen LogP contribution in [0.5, 0.6) is 0 Å². The standard InChI is InChI=1S/C12H16Cl2N2S/c13-10-5-8(15)6-11(14)12(10)16-7-9-3-1-2-4-17-9/h5-6,9,16H,1-4,7,15H2. The summed E-state index contributed by atoms with van der Waals surface area (Å²) < 4.78 is 0. The van der Waals surface area contributed by atoms with E-state index in [0.717, 1.165) is 12.2 Å². The lowest BCUT2D eigenvalue weighted by molar-refractivity contribution is 0.677. The molecule has 0 aliphatic carbocycles. The molecule has 0 aromatic heterocycles. The molecule has 1 aromatic rings. The van der Waals surface area contributed by atoms with Gasteiger partial charge in [-0.1, -0.05) is 29.6 Å². The van der Waals surface area contributed by atoms with Gasteiger partial charge in [0.05, 0.1) is 15.7 Å². The van der Waals surface area contributed by atoms with Crippen LogP contribution >= 0.6 is 35.0 Å². The Labute approximate surface area is 116 Å². The van der Waals surface area contributed by atoms with Crippen molar-refractivity contribution in [2.75, 3.05) is 23.3 Å². The fraction of sp³-hybridized carbons (Fsp3) is 0.500. The number of nitrogens with two attached hydrogens (primary N) is 1. The van der Waals surface area contributed by atoms with Crippen molar-refractivity contribution in [3.8, 4) is 0 Å². The first-order valence-electron chi connectivity index (χ1n) is 5.77. The number of thioether (sulfide) groups is 1. The highest BCUT2D eigenvalue weighted by molar-refractivity contribution is 7.99. The van der Waals surface area contributed by atoms with Crippen molar-refractivity contribution in [2.45, 2.75) is 24.5 Å². The summed E-state index contributed by atoms with van der Waals surface area (Å²) in [5, 5.41) is 5.19. The third kappa shape index (κ3) is 3.60. The average Bonchev–Trinajstić information content (AvgIpc) is 2.29. The van der Waals surface area contributed by atoms with Gasteiger partial charge in [0.25, 0.3) is 0 Å². The molecule has 1 aliphatic heterocycles. The first-order valence-corrected chi connectivity index (χ1v) is 7.57. The molecule has 94 valence electrons. The Morgan fingerprint density at radius 3 is 2.59 bits per heavy atom. The molecule has 0 amide bonds. The van der Waals surface area contributed by atoms with Gasteiger partial charge in [-0.3, -0.25) is 0 Å². The maximum atomic E-state index is 6.12. The minimum absolute atomic E-state index is 0.593. The van der Waals surface area contributed by atoms with E-state index < -0.39 is 0 Å². The van der Waals surface area contributed by atoms with E-state index in [-0.39, 0.29) is 0 Å². The fourth-order valence-electron chi connectivity index (χ4n) is 1.95. The van der Waals surface area contributed by atoms with E-state index in [0.29, 0.717) is 21.0 Å². The second kappa shape index (κ2) is 6.07. The number of hydrogen-bond donors (Lipinski definition) is 2. The van der Waals surface area contributed by atoms with Gasteiger partial charge in [-0.05, 0) is 30.7 Å². The number of hydrogen-bond acceptors (Lipinski definition) is 3. The van der Waals surface area contributed by atoms with E-state index in [1.807, 2.05) is 11.8 Å². The highest BCUT2D eigenvalue weighted by Crippen LogP contribution is 2.33. The first kappa shape index (κ1) is 13.2. The van der Waals surface area contributed by atoms with Crippen molar-refractivity contribution in [2.24, 2.45) is 0 Å². The van der Waals surface area contributed by atoms with Crippen LogP contribution in [0.1, 0.15) is 19.3 Å². The molecular formula is C12H16Cl2N2S. The van der Waals surface area contributed by atoms with Crippen molar-refractivity contribution in [1.82, 2.24) is 0 Å². The van der Waals surface area contributed by atoms with Crippen molar-refractivity contribution >= 4 is 46.3 Å². The molecule has 0 radical (unpaired) electrons. The summed E-state index contributed by atoms with van der Waals surface area (Å²) in [6.45, 7) is 0.911. The van der Waals surface area contributed by atoms with E-state index in [4.69, 9.17) is 28.9 Å². The highest BCUT2D eigenvalue weighted by Gasteiger charge is 2.15. The van der Waals surface area contributed by atoms with Crippen LogP contribution in [0.15, 0.2) is 12.1 Å². The summed E-state index contributed by atoms with van der Waals surface area (Å²) in [6.07, 6.45) is 3.93. The Hall–Kier alpha value is -0.250. The second-order valence-corrected chi connectivity index (χ2v) is 6.45. The molecule has 1 atom stereocenters. The molecule has 2 nitrogen and oxygen atoms in total. The van der Waals surface area contributed by atoms with E-state index in [9.17, 15) is 0 Å². The number of anilines is 2. The van der Waals surface area contributed by atoms with Gasteiger partial charge in [-0.25, -0.2) is 0 Å². The Morgan fingerprint density at radius 2 is 2.00 bits per heavy atom. The van der Waals surface area contributed by atoms with Crippen LogP contribution < -0.4 is 11.1 Å². The topological polar surface area (TPSA) is 38.0 Å². The normalized spacial score (nSPS) is 20.2. The van der Waals surface area contributed by atoms with Gasteiger partial charge >= 0.3 is 0 Å². The maximum absolute atomic E-state index is 6.12. The number of rotatable bonds is 3. The van der Waals surface area contributed by atoms with Gasteiger partial charge in [0.2, 0.25) is 0 Å². The largest absolute Gasteiger partial charge is 0.399 e. The maximum Gasteiger partial charge on any atom is 0.0720 e. The van der Waals surface area contributed by atoms with Gasteiger partial charge in [-0.2, -0.15) is 11.8 Å². The average molecular weight is 291 g/mol. The molecule has 1 aliphatic rings. The van der Waals surface area contributed by atoms with Crippen molar-refractivity contribution in [1.29, 1.82) is 0 Å². The summed E-state index contributed by atoms with van der Waals surface area (Å²) in [5.74, 6) is 1.26. The Balaban J connectivity index is 1.98. The highest BCUT2D eigenvalue weighted by atomic mass is 35.5. The molecule has 0 bridgehead atoms. The van der Waals surface area contributed by atoms with E-state index in [1.165, 1.54) is 25.0 Å². The molecule has 1 fully saturated rings. The van der Waals surface area contributed by atoms with Gasteiger partial charge in [-0.15, -0.1) is 0 Å². The first-order chi connectivity index (χ1) is 8.16. The third-order valence-electron chi connectivity index (χ3n) is 2.84. The summed E-state index contributed by atoms with van der Waals surface area (Å²) in [4.78, 5) is 0. The predicted molar refractivity (Wildman–Crippen MR) is 79.5 cm³/mol. The minimum Gasteiger partial charge on any atom is -0.399 e. The third-order valence-corrected chi connectivity index (χ3v) is 4.84. The summed E-state index contributed by atoms with van der Waals surface area (Å²) in [5.41, 5.74) is 7.06. The van der Waals surface area contributed by atoms with Crippen molar-refractivity contribution in [3.63, 3.8) is 0 Å². The van der Waals surface area contributed by atoms with Gasteiger partial charge in [0.1, 0.15) is 0 Å². The smallest absolute Gasteiger partial charge is 0.0720 e. The Kier molecular flexibility index (Phi) is 4.71. The molecule has 1 aromatic carbocycles. The van der Waals surface area contributed by atoms with Crippen molar-refractivity contribution < 1.29 is 0 Å². The predicted octanol–water partition coefficient (Wildman–Crippen LogP) is 4.27. The van der Waals surface area contributed by atoms with Gasteiger partial charge < -0.3 is 11.1 Å². The minimum atomic E-state index is 0.593. The van der Waals surface area contributed by atoms with E-state index in [1.54, 1.807) is 12.1 Å². The molecule has 3 N–H and O–H groups in total. The second-order valence-electron chi connectivity index (χ2n) is 4.23. The van der Waals surface area contributed by atoms with Gasteiger partial charge in [0.15, 0.2) is 0 Å². The van der Waals surface area contributed by atoms with Crippen LogP contribution in [0.25, 0.3) is 0 Å². The zero-order valence-electron chi connectivity index (χ0n) is 9.51. The SMILES string of the molecule is Nc1cc(Cl)c(NCC2CCCCS2)c(Cl)c1. The molecule has 0 spiro atoms. The van der Waals surface area contributed by atoms with Gasteiger partial charge in [0, 0.05) is 17.5 Å². The molecule has 0 saturated carbocycles. The molecular weight excluding hydrogens is 275 g/mol. The fourth-order valence-corrected chi connectivity index (χ4v) is 3.82. The number of nitrogen functional groups attached to an aromatic ring is 1. The lowest BCUT2D eigenvalue weighted by atomic mass is 10.2. The molecule has 17 heavy (non-hydrogen) atoms. The molecule has 5 heteroatoms. The number of halogens is 2. The lowest BCUT2D eigenvalue weighted by Gasteiger charge is -2.22. The molecule has 1 heterocycles. The van der Waals surface area contributed by atoms with Crippen LogP contribution in [0.2, 0.25) is 10.0 Å². The number of benzene rings is 1. The van der Waals surface area contributed by atoms with Crippen LogP contribution in [-0.2, 0) is 0 Å². The Bertz CT molecular complexity index is 369. The van der Waals surface area contributed by atoms with Crippen LogP contribution in [-0.4, -0.2) is 17.5 Å². The zero-order chi connectivity index (χ0) is 12.3. The summed E-state index contributed by atoms with van der Waals surface area (Å²) in [7, 11) is 0. The summed E-state index contributed by atoms with van der Waals surface area (Å²) in [6, 6.07) is 3.45. The molecule has 1 unspecified atom stereocenters. The summed E-state index contributed by atoms with van der Waals surface area (Å²) >= 11 is 14.3. The number of nitrogens with one attached hydrogen (secondary N) is 1. The van der Waals surface area contributed by atoms with Crippen LogP contribution in [0.3, 0.4) is 0 Å². The molecule has 2 rings (SSSR count). The Morgan fingerprint density at radius 1 is 1.29 bits per heavy atom. The quantitative estimate of drug-likeness (QED) is 0.817. The van der Waals surface area contributed by atoms with Crippen LogP contribution in [0.4, 0.5) is 11.4 Å². The van der Waals surface area contributed by atoms with Crippen molar-refractivity contribution in [3.05, 3.63) is 22.2 Å². The van der Waals surface area contributed by atoms with Crippen LogP contribution in [0, 0.1) is 0 Å². The lowest BCUT2D eigenvalue weighted by Crippen LogP contribution is -2.20. The monoisotopic (exact) mass is 290 g/mol. The zero-order valence-corrected chi connectivity index (χ0v) is 11.8. The molecule has 1 saturated heterocycles. The van der Waals surface area contributed by atoms with E-state index in [2.05, 4.69) is 5.32 Å².